The minimum Gasteiger partial charge on any atom is -0.321 e. The molecular weight excluding hydrogens is 480 g/mol. The van der Waals surface area contributed by atoms with E-state index in [-0.39, 0.29) is 28.8 Å². The van der Waals surface area contributed by atoms with E-state index < -0.39 is 15.9 Å². The molecule has 0 unspecified atom stereocenters. The van der Waals surface area contributed by atoms with Gasteiger partial charge in [0, 0.05) is 30.6 Å². The van der Waals surface area contributed by atoms with Gasteiger partial charge in [0.1, 0.15) is 5.82 Å². The third-order valence-electron chi connectivity index (χ3n) is 5.91. The summed E-state index contributed by atoms with van der Waals surface area (Å²) in [5.74, 6) is -0.0488. The third-order valence-corrected chi connectivity index (χ3v) is 6.77. The van der Waals surface area contributed by atoms with E-state index >= 15 is 0 Å². The van der Waals surface area contributed by atoms with Crippen LogP contribution in [0.15, 0.2) is 47.9 Å². The maximum Gasteiger partial charge on any atom is 0.330 e. The van der Waals surface area contributed by atoms with E-state index in [1.54, 1.807) is 19.1 Å². The molecule has 0 fully saturated rings. The largest absolute Gasteiger partial charge is 0.330 e. The first-order chi connectivity index (χ1) is 16.8. The molecule has 10 nitrogen and oxygen atoms in total. The second kappa shape index (κ2) is 8.98. The standard InChI is InChI=1S/C25H28N6O4S/c1-15-20(31-14-17-12-27-23(36(6,34)35)29-21(17)30(5)24(31)33)11-19(13-26-15)28-22(32)16-8-7-9-18(10-16)25(2,3)4/h7-13H,14H2,1-6H3,(H,28,32). The van der Waals surface area contributed by atoms with Crippen LogP contribution in [0.2, 0.25) is 0 Å². The normalized spacial score (nSPS) is 14.0. The van der Waals surface area contributed by atoms with Crippen molar-refractivity contribution in [2.45, 2.75) is 44.8 Å². The summed E-state index contributed by atoms with van der Waals surface area (Å²) in [7, 11) is -2.11. The average Bonchev–Trinajstić information content (AvgIpc) is 2.81. The lowest BCUT2D eigenvalue weighted by Crippen LogP contribution is -2.46. The van der Waals surface area contributed by atoms with E-state index in [0.29, 0.717) is 28.2 Å². The minimum absolute atomic E-state index is 0.0996. The number of hydrogen-bond acceptors (Lipinski definition) is 7. The number of anilines is 3. The molecule has 1 N–H and O–H groups in total. The second-order valence-electron chi connectivity index (χ2n) is 9.81. The van der Waals surface area contributed by atoms with Crippen LogP contribution in [-0.2, 0) is 21.8 Å². The van der Waals surface area contributed by atoms with Gasteiger partial charge in [-0.3, -0.25) is 19.6 Å². The lowest BCUT2D eigenvalue weighted by atomic mass is 9.86. The van der Waals surface area contributed by atoms with Crippen LogP contribution in [0.5, 0.6) is 0 Å². The average molecular weight is 509 g/mol. The molecule has 2 aromatic heterocycles. The molecule has 3 amide bonds. The Balaban J connectivity index is 1.63. The van der Waals surface area contributed by atoms with E-state index in [2.05, 4.69) is 41.0 Å². The fourth-order valence-corrected chi connectivity index (χ4v) is 4.35. The van der Waals surface area contributed by atoms with E-state index in [9.17, 15) is 18.0 Å². The Morgan fingerprint density at radius 2 is 1.83 bits per heavy atom. The molecule has 3 aromatic rings. The first-order valence-electron chi connectivity index (χ1n) is 11.3. The Kier molecular flexibility index (Phi) is 6.29. The number of fused-ring (bicyclic) bond motifs is 1. The number of carbonyl (C=O) groups excluding carboxylic acids is 2. The molecule has 0 aliphatic carbocycles. The van der Waals surface area contributed by atoms with Crippen molar-refractivity contribution in [3.63, 3.8) is 0 Å². The zero-order chi connectivity index (χ0) is 26.4. The zero-order valence-corrected chi connectivity index (χ0v) is 21.8. The van der Waals surface area contributed by atoms with Gasteiger partial charge in [-0.25, -0.2) is 23.2 Å². The van der Waals surface area contributed by atoms with Crippen LogP contribution >= 0.6 is 0 Å². The molecule has 0 saturated heterocycles. The molecule has 0 bridgehead atoms. The van der Waals surface area contributed by atoms with Crippen molar-refractivity contribution >= 4 is 39.0 Å². The third kappa shape index (κ3) is 4.92. The topological polar surface area (TPSA) is 125 Å². The molecule has 188 valence electrons. The lowest BCUT2D eigenvalue weighted by Gasteiger charge is -2.34. The number of aryl methyl sites for hydroxylation is 1. The van der Waals surface area contributed by atoms with Gasteiger partial charge in [-0.15, -0.1) is 0 Å². The van der Waals surface area contributed by atoms with Gasteiger partial charge >= 0.3 is 6.03 Å². The predicted molar refractivity (Wildman–Crippen MR) is 137 cm³/mol. The smallest absolute Gasteiger partial charge is 0.321 e. The number of benzene rings is 1. The molecule has 0 atom stereocenters. The number of rotatable bonds is 4. The van der Waals surface area contributed by atoms with Crippen LogP contribution in [0.1, 0.15) is 48.0 Å². The van der Waals surface area contributed by atoms with Crippen LogP contribution < -0.4 is 15.1 Å². The number of carbonyl (C=O) groups is 2. The van der Waals surface area contributed by atoms with Crippen molar-refractivity contribution in [1.82, 2.24) is 15.0 Å². The molecular formula is C25H28N6O4S. The van der Waals surface area contributed by atoms with Crippen molar-refractivity contribution in [1.29, 1.82) is 0 Å². The Hall–Kier alpha value is -3.86. The van der Waals surface area contributed by atoms with Crippen LogP contribution in [0.4, 0.5) is 22.0 Å². The Morgan fingerprint density at radius 1 is 1.11 bits per heavy atom. The fourth-order valence-electron chi connectivity index (χ4n) is 3.85. The zero-order valence-electron chi connectivity index (χ0n) is 21.0. The van der Waals surface area contributed by atoms with Gasteiger partial charge in [0.05, 0.1) is 29.8 Å². The van der Waals surface area contributed by atoms with Crippen molar-refractivity contribution in [2.24, 2.45) is 0 Å². The summed E-state index contributed by atoms with van der Waals surface area (Å²) in [4.78, 5) is 41.4. The first kappa shape index (κ1) is 25.2. The number of aromatic nitrogens is 3. The fraction of sp³-hybridized carbons (Fsp3) is 0.320. The summed E-state index contributed by atoms with van der Waals surface area (Å²) >= 11 is 0. The van der Waals surface area contributed by atoms with Gasteiger partial charge in [-0.05, 0) is 36.1 Å². The van der Waals surface area contributed by atoms with Gasteiger partial charge in [0.15, 0.2) is 0 Å². The number of amides is 3. The Morgan fingerprint density at radius 3 is 2.50 bits per heavy atom. The number of pyridine rings is 1. The summed E-state index contributed by atoms with van der Waals surface area (Å²) in [6.45, 7) is 8.13. The van der Waals surface area contributed by atoms with Gasteiger partial charge < -0.3 is 5.32 Å². The molecule has 4 rings (SSSR count). The van der Waals surface area contributed by atoms with Gasteiger partial charge in [0.25, 0.3) is 5.91 Å². The van der Waals surface area contributed by atoms with Gasteiger partial charge in [-0.2, -0.15) is 0 Å². The summed E-state index contributed by atoms with van der Waals surface area (Å²) in [6.07, 6.45) is 3.96. The molecule has 0 saturated carbocycles. The predicted octanol–water partition coefficient (Wildman–Crippen LogP) is 3.71. The number of nitrogens with one attached hydrogen (secondary N) is 1. The van der Waals surface area contributed by atoms with Crippen LogP contribution in [0, 0.1) is 6.92 Å². The molecule has 1 aromatic carbocycles. The molecule has 36 heavy (non-hydrogen) atoms. The number of urea groups is 1. The summed E-state index contributed by atoms with van der Waals surface area (Å²) in [6, 6.07) is 8.73. The van der Waals surface area contributed by atoms with Crippen LogP contribution in [-0.4, -0.2) is 48.6 Å². The molecule has 0 spiro atoms. The maximum absolute atomic E-state index is 13.2. The number of nitrogens with zero attached hydrogens (tertiary/aromatic N) is 5. The van der Waals surface area contributed by atoms with E-state index in [1.165, 1.54) is 29.2 Å². The van der Waals surface area contributed by atoms with E-state index in [1.807, 2.05) is 18.2 Å². The number of hydrogen-bond donors (Lipinski definition) is 1. The van der Waals surface area contributed by atoms with Crippen molar-refractivity contribution in [3.8, 4) is 0 Å². The highest BCUT2D eigenvalue weighted by Gasteiger charge is 2.32. The van der Waals surface area contributed by atoms with Crippen LogP contribution in [0.25, 0.3) is 0 Å². The highest BCUT2D eigenvalue weighted by Crippen LogP contribution is 2.32. The summed E-state index contributed by atoms with van der Waals surface area (Å²) < 4.78 is 23.7. The van der Waals surface area contributed by atoms with Crippen LogP contribution in [0.3, 0.4) is 0 Å². The van der Waals surface area contributed by atoms with E-state index in [0.717, 1.165) is 11.8 Å². The lowest BCUT2D eigenvalue weighted by molar-refractivity contribution is 0.102. The van der Waals surface area contributed by atoms with Gasteiger partial charge in [-0.1, -0.05) is 32.9 Å². The highest BCUT2D eigenvalue weighted by molar-refractivity contribution is 7.90. The number of sulfone groups is 1. The maximum atomic E-state index is 13.2. The van der Waals surface area contributed by atoms with Crippen molar-refractivity contribution in [3.05, 3.63) is 65.1 Å². The molecule has 1 aliphatic heterocycles. The SMILES string of the molecule is Cc1ncc(NC(=O)c2cccc(C(C)(C)C)c2)cc1N1Cc2cnc(S(C)(=O)=O)nc2N(C)C1=O. The Labute approximate surface area is 210 Å². The van der Waals surface area contributed by atoms with Gasteiger partial charge in [0.2, 0.25) is 15.0 Å². The quantitative estimate of drug-likeness (QED) is 0.533. The molecule has 3 heterocycles. The molecule has 0 radical (unpaired) electrons. The summed E-state index contributed by atoms with van der Waals surface area (Å²) in [5, 5.41) is 2.53. The Bertz CT molecular complexity index is 1480. The van der Waals surface area contributed by atoms with Crippen molar-refractivity contribution in [2.75, 3.05) is 28.4 Å². The highest BCUT2D eigenvalue weighted by atomic mass is 32.2. The second-order valence-corrected chi connectivity index (χ2v) is 11.7. The summed E-state index contributed by atoms with van der Waals surface area (Å²) in [5.41, 5.74) is 3.57. The minimum atomic E-state index is -3.62. The first-order valence-corrected chi connectivity index (χ1v) is 13.1. The molecule has 1 aliphatic rings. The van der Waals surface area contributed by atoms with Crippen molar-refractivity contribution < 1.29 is 18.0 Å². The monoisotopic (exact) mass is 508 g/mol. The molecule has 11 heteroatoms. The van der Waals surface area contributed by atoms with E-state index in [4.69, 9.17) is 0 Å².